The van der Waals surface area contributed by atoms with Gasteiger partial charge in [-0.15, -0.1) is 11.8 Å². The van der Waals surface area contributed by atoms with Crippen LogP contribution in [0, 0.1) is 11.8 Å². The first kappa shape index (κ1) is 14.3. The molecule has 2 fully saturated rings. The van der Waals surface area contributed by atoms with Crippen molar-refractivity contribution in [1.82, 2.24) is 4.90 Å². The van der Waals surface area contributed by atoms with Gasteiger partial charge in [0.15, 0.2) is 5.78 Å². The zero-order valence-corrected chi connectivity index (χ0v) is 12.7. The standard InChI is InChI=1S/C16H17NO3S/c1-21-11-7-5-10(6-8-11)14(18)9-17-15(19)12-3-2-4-13(12)16(17)20/h5-8,12-13H,2-4,9H2,1H3. The van der Waals surface area contributed by atoms with Crippen LogP contribution in [0.15, 0.2) is 29.2 Å². The molecule has 3 rings (SSSR count). The number of nitrogens with zero attached hydrogens (tertiary/aromatic N) is 1. The predicted octanol–water partition coefficient (Wildman–Crippen LogP) is 2.38. The lowest BCUT2D eigenvalue weighted by Crippen LogP contribution is -2.36. The summed E-state index contributed by atoms with van der Waals surface area (Å²) < 4.78 is 0. The summed E-state index contributed by atoms with van der Waals surface area (Å²) in [7, 11) is 0. The molecule has 0 bridgehead atoms. The van der Waals surface area contributed by atoms with Gasteiger partial charge in [-0.25, -0.2) is 0 Å². The molecular formula is C16H17NO3S. The van der Waals surface area contributed by atoms with Gasteiger partial charge in [-0.05, 0) is 31.2 Å². The minimum Gasteiger partial charge on any atom is -0.292 e. The van der Waals surface area contributed by atoms with Crippen molar-refractivity contribution in [3.05, 3.63) is 29.8 Å². The number of likely N-dealkylation sites (tertiary alicyclic amines) is 1. The van der Waals surface area contributed by atoms with Gasteiger partial charge in [-0.1, -0.05) is 18.6 Å². The SMILES string of the molecule is CSc1ccc(C(=O)CN2C(=O)C3CCCC3C2=O)cc1. The van der Waals surface area contributed by atoms with Crippen molar-refractivity contribution in [3.63, 3.8) is 0 Å². The number of amides is 2. The molecule has 1 aromatic rings. The van der Waals surface area contributed by atoms with Crippen molar-refractivity contribution < 1.29 is 14.4 Å². The number of carbonyl (C=O) groups is 3. The number of imide groups is 1. The van der Waals surface area contributed by atoms with Crippen LogP contribution in [0.5, 0.6) is 0 Å². The minimum atomic E-state index is -0.177. The van der Waals surface area contributed by atoms with Crippen LogP contribution in [0.25, 0.3) is 0 Å². The number of ketones is 1. The van der Waals surface area contributed by atoms with Crippen LogP contribution in [0.4, 0.5) is 0 Å². The minimum absolute atomic E-state index is 0.122. The molecule has 5 heteroatoms. The number of rotatable bonds is 4. The second-order valence-corrected chi connectivity index (χ2v) is 6.44. The van der Waals surface area contributed by atoms with E-state index in [2.05, 4.69) is 0 Å². The molecule has 1 aliphatic heterocycles. The van der Waals surface area contributed by atoms with Crippen molar-refractivity contribution >= 4 is 29.4 Å². The average Bonchev–Trinajstić information content (AvgIpc) is 3.07. The molecule has 1 saturated carbocycles. The third-order valence-electron chi connectivity index (χ3n) is 4.40. The van der Waals surface area contributed by atoms with Gasteiger partial charge in [0.2, 0.25) is 11.8 Å². The Morgan fingerprint density at radius 2 is 1.71 bits per heavy atom. The molecule has 21 heavy (non-hydrogen) atoms. The summed E-state index contributed by atoms with van der Waals surface area (Å²) in [5.41, 5.74) is 0.547. The Morgan fingerprint density at radius 1 is 1.14 bits per heavy atom. The number of carbonyl (C=O) groups excluding carboxylic acids is 3. The normalized spacial score (nSPS) is 24.5. The van der Waals surface area contributed by atoms with Crippen LogP contribution < -0.4 is 0 Å². The quantitative estimate of drug-likeness (QED) is 0.487. The Hall–Kier alpha value is -1.62. The Kier molecular flexibility index (Phi) is 3.85. The molecule has 1 saturated heterocycles. The molecule has 1 heterocycles. The van der Waals surface area contributed by atoms with Gasteiger partial charge in [0, 0.05) is 10.5 Å². The first-order valence-corrected chi connectivity index (χ1v) is 8.37. The van der Waals surface area contributed by atoms with Gasteiger partial charge in [0.1, 0.15) is 0 Å². The molecule has 2 unspecified atom stereocenters. The monoisotopic (exact) mass is 303 g/mol. The second kappa shape index (κ2) is 5.64. The van der Waals surface area contributed by atoms with Crippen LogP contribution in [0.1, 0.15) is 29.6 Å². The number of hydrogen-bond donors (Lipinski definition) is 0. The first-order valence-electron chi connectivity index (χ1n) is 7.14. The number of thioether (sulfide) groups is 1. The van der Waals surface area contributed by atoms with E-state index in [0.717, 1.165) is 24.2 Å². The molecule has 110 valence electrons. The summed E-state index contributed by atoms with van der Waals surface area (Å²) in [6.45, 7) is -0.122. The summed E-state index contributed by atoms with van der Waals surface area (Å²) in [5.74, 6) is -0.842. The van der Waals surface area contributed by atoms with Gasteiger partial charge in [-0.2, -0.15) is 0 Å². The Balaban J connectivity index is 1.72. The van der Waals surface area contributed by atoms with E-state index >= 15 is 0 Å². The smallest absolute Gasteiger partial charge is 0.233 e. The van der Waals surface area contributed by atoms with Gasteiger partial charge in [0.05, 0.1) is 18.4 Å². The molecule has 4 nitrogen and oxygen atoms in total. The highest BCUT2D eigenvalue weighted by atomic mass is 32.2. The fourth-order valence-electron chi connectivity index (χ4n) is 3.23. The highest BCUT2D eigenvalue weighted by molar-refractivity contribution is 7.98. The van der Waals surface area contributed by atoms with E-state index in [0.29, 0.717) is 5.56 Å². The van der Waals surface area contributed by atoms with E-state index in [1.807, 2.05) is 18.4 Å². The average molecular weight is 303 g/mol. The summed E-state index contributed by atoms with van der Waals surface area (Å²) in [5, 5.41) is 0. The summed E-state index contributed by atoms with van der Waals surface area (Å²) in [6, 6.07) is 7.25. The zero-order chi connectivity index (χ0) is 15.0. The van der Waals surface area contributed by atoms with Crippen LogP contribution in [0.3, 0.4) is 0 Å². The third kappa shape index (κ3) is 2.50. The highest BCUT2D eigenvalue weighted by Crippen LogP contribution is 2.39. The number of hydrogen-bond acceptors (Lipinski definition) is 4. The zero-order valence-electron chi connectivity index (χ0n) is 11.9. The Bertz CT molecular complexity index is 574. The molecule has 0 radical (unpaired) electrons. The van der Waals surface area contributed by atoms with Crippen molar-refractivity contribution in [2.75, 3.05) is 12.8 Å². The lowest BCUT2D eigenvalue weighted by molar-refractivity contribution is -0.139. The predicted molar refractivity (Wildman–Crippen MR) is 80.1 cm³/mol. The van der Waals surface area contributed by atoms with Gasteiger partial charge in [0.25, 0.3) is 0 Å². The summed E-state index contributed by atoms with van der Waals surface area (Å²) in [6.07, 6.45) is 4.46. The van der Waals surface area contributed by atoms with E-state index in [4.69, 9.17) is 0 Å². The van der Waals surface area contributed by atoms with Crippen molar-refractivity contribution in [2.24, 2.45) is 11.8 Å². The third-order valence-corrected chi connectivity index (χ3v) is 5.14. The maximum absolute atomic E-state index is 12.3. The largest absolute Gasteiger partial charge is 0.292 e. The highest BCUT2D eigenvalue weighted by Gasteiger charge is 2.49. The molecule has 1 aromatic carbocycles. The molecule has 0 aromatic heterocycles. The fraction of sp³-hybridized carbons (Fsp3) is 0.438. The molecule has 2 amide bonds. The van der Waals surface area contributed by atoms with E-state index < -0.39 is 0 Å². The lowest BCUT2D eigenvalue weighted by Gasteiger charge is -2.14. The van der Waals surface area contributed by atoms with Crippen molar-refractivity contribution in [2.45, 2.75) is 24.2 Å². The maximum atomic E-state index is 12.3. The number of Topliss-reactive ketones (excluding diaryl/α,β-unsaturated/α-hetero) is 1. The fourth-order valence-corrected chi connectivity index (χ4v) is 3.64. The van der Waals surface area contributed by atoms with Crippen LogP contribution in [-0.2, 0) is 9.59 Å². The molecule has 1 aliphatic carbocycles. The van der Waals surface area contributed by atoms with Crippen LogP contribution >= 0.6 is 11.8 Å². The lowest BCUT2D eigenvalue weighted by atomic mass is 10.00. The van der Waals surface area contributed by atoms with Crippen molar-refractivity contribution in [3.8, 4) is 0 Å². The van der Waals surface area contributed by atoms with Gasteiger partial charge in [-0.3, -0.25) is 19.3 Å². The van der Waals surface area contributed by atoms with Gasteiger partial charge < -0.3 is 0 Å². The molecular weight excluding hydrogens is 286 g/mol. The first-order chi connectivity index (χ1) is 10.1. The summed E-state index contributed by atoms with van der Waals surface area (Å²) in [4.78, 5) is 38.9. The molecule has 2 atom stereocenters. The summed E-state index contributed by atoms with van der Waals surface area (Å²) >= 11 is 1.60. The molecule has 0 N–H and O–H groups in total. The van der Waals surface area contributed by atoms with Crippen molar-refractivity contribution in [1.29, 1.82) is 0 Å². The van der Waals surface area contributed by atoms with Crippen LogP contribution in [0.2, 0.25) is 0 Å². The molecule has 2 aliphatic rings. The van der Waals surface area contributed by atoms with E-state index in [1.165, 1.54) is 4.90 Å². The van der Waals surface area contributed by atoms with E-state index in [1.54, 1.807) is 23.9 Å². The number of fused-ring (bicyclic) bond motifs is 1. The number of benzene rings is 1. The topological polar surface area (TPSA) is 54.5 Å². The second-order valence-electron chi connectivity index (χ2n) is 5.56. The Labute approximate surface area is 127 Å². The van der Waals surface area contributed by atoms with E-state index in [-0.39, 0.29) is 36.0 Å². The Morgan fingerprint density at radius 3 is 2.24 bits per heavy atom. The maximum Gasteiger partial charge on any atom is 0.233 e. The van der Waals surface area contributed by atoms with E-state index in [9.17, 15) is 14.4 Å². The van der Waals surface area contributed by atoms with Gasteiger partial charge >= 0.3 is 0 Å². The van der Waals surface area contributed by atoms with Crippen LogP contribution in [-0.4, -0.2) is 35.3 Å². The molecule has 0 spiro atoms.